The summed E-state index contributed by atoms with van der Waals surface area (Å²) in [5.74, 6) is 0.153. The van der Waals surface area contributed by atoms with Crippen molar-refractivity contribution >= 4 is 5.91 Å². The van der Waals surface area contributed by atoms with E-state index in [2.05, 4.69) is 35.7 Å². The molecule has 4 rings (SSSR count). The zero-order valence-corrected chi connectivity index (χ0v) is 19.8. The maximum Gasteiger partial charge on any atom is 0.274 e. The molecule has 0 aromatic carbocycles. The number of amides is 1. The first-order chi connectivity index (χ1) is 15.0. The predicted octanol–water partition coefficient (Wildman–Crippen LogP) is 2.48. The van der Waals surface area contributed by atoms with Crippen LogP contribution in [0.2, 0.25) is 0 Å². The Morgan fingerprint density at radius 2 is 1.90 bits per heavy atom. The van der Waals surface area contributed by atoms with Crippen LogP contribution in [0, 0.1) is 0 Å². The number of morpholine rings is 1. The first-order valence-electron chi connectivity index (χ1n) is 12.4. The molecular weight excluding hydrogens is 390 g/mol. The number of hydrogen-bond donors (Lipinski definition) is 1. The van der Waals surface area contributed by atoms with E-state index in [0.717, 1.165) is 96.7 Å². The Morgan fingerprint density at radius 1 is 1.16 bits per heavy atom. The Morgan fingerprint density at radius 3 is 2.61 bits per heavy atom. The molecule has 1 N–H and O–H groups in total. The van der Waals surface area contributed by atoms with E-state index < -0.39 is 0 Å². The number of nitrogens with zero attached hydrogens (tertiary/aromatic N) is 4. The predicted molar refractivity (Wildman–Crippen MR) is 123 cm³/mol. The Bertz CT molecular complexity index is 747. The molecule has 1 aliphatic carbocycles. The van der Waals surface area contributed by atoms with Gasteiger partial charge in [-0.2, -0.15) is 5.10 Å². The summed E-state index contributed by atoms with van der Waals surface area (Å²) in [7, 11) is 0. The summed E-state index contributed by atoms with van der Waals surface area (Å²) in [6.45, 7) is 14.1. The highest BCUT2D eigenvalue weighted by atomic mass is 16.5. The average molecular weight is 432 g/mol. The van der Waals surface area contributed by atoms with Gasteiger partial charge in [0, 0.05) is 62.1 Å². The van der Waals surface area contributed by atoms with Crippen LogP contribution < -0.4 is 5.32 Å². The van der Waals surface area contributed by atoms with E-state index >= 15 is 0 Å². The number of aromatic nitrogens is 2. The van der Waals surface area contributed by atoms with Crippen molar-refractivity contribution in [3.8, 4) is 0 Å². The minimum absolute atomic E-state index is 0.100. The van der Waals surface area contributed by atoms with Crippen LogP contribution in [0.15, 0.2) is 0 Å². The molecule has 31 heavy (non-hydrogen) atoms. The van der Waals surface area contributed by atoms with E-state index in [9.17, 15) is 4.79 Å². The number of aryl methyl sites for hydroxylation is 1. The lowest BCUT2D eigenvalue weighted by molar-refractivity contribution is -0.0104. The van der Waals surface area contributed by atoms with Gasteiger partial charge >= 0.3 is 0 Å². The highest BCUT2D eigenvalue weighted by Gasteiger charge is 2.33. The van der Waals surface area contributed by atoms with Crippen molar-refractivity contribution in [1.29, 1.82) is 0 Å². The van der Waals surface area contributed by atoms with Gasteiger partial charge in [0.25, 0.3) is 5.91 Å². The van der Waals surface area contributed by atoms with Gasteiger partial charge in [-0.1, -0.05) is 6.92 Å². The van der Waals surface area contributed by atoms with Crippen molar-refractivity contribution in [2.45, 2.75) is 83.8 Å². The van der Waals surface area contributed by atoms with Gasteiger partial charge in [-0.05, 0) is 58.8 Å². The quantitative estimate of drug-likeness (QED) is 0.719. The summed E-state index contributed by atoms with van der Waals surface area (Å²) in [6.07, 6.45) is 7.53. The van der Waals surface area contributed by atoms with E-state index in [-0.39, 0.29) is 11.4 Å². The molecule has 2 aliphatic heterocycles. The molecule has 0 radical (unpaired) electrons. The molecule has 0 spiro atoms. The first kappa shape index (κ1) is 22.7. The molecule has 7 nitrogen and oxygen atoms in total. The van der Waals surface area contributed by atoms with Crippen LogP contribution in [0.5, 0.6) is 0 Å². The molecule has 0 saturated carbocycles. The van der Waals surface area contributed by atoms with Gasteiger partial charge in [-0.3, -0.25) is 14.4 Å². The summed E-state index contributed by atoms with van der Waals surface area (Å²) < 4.78 is 7.65. The van der Waals surface area contributed by atoms with E-state index in [1.165, 1.54) is 17.7 Å². The van der Waals surface area contributed by atoms with E-state index in [0.29, 0.717) is 6.04 Å². The fraction of sp³-hybridized carbons (Fsp3) is 0.833. The summed E-state index contributed by atoms with van der Waals surface area (Å²) >= 11 is 0. The molecule has 3 aliphatic rings. The summed E-state index contributed by atoms with van der Waals surface area (Å²) in [6, 6.07) is 0.403. The zero-order valence-electron chi connectivity index (χ0n) is 19.8. The number of likely N-dealkylation sites (tertiary alicyclic amines) is 1. The van der Waals surface area contributed by atoms with Gasteiger partial charge in [0.1, 0.15) is 0 Å². The standard InChI is InChI=1S/C24H41N5O2/c1-4-10-29-21-9-8-19(25-18-24(2,3)28-13-15-31-16-14-28)17-20(21)22(26-29)23(30)27-11-6-5-7-12-27/h19,25H,4-18H2,1-3H3/t19-/m1/s1. The van der Waals surface area contributed by atoms with E-state index in [1.807, 2.05) is 4.90 Å². The second-order valence-corrected chi connectivity index (χ2v) is 10.1. The van der Waals surface area contributed by atoms with Crippen LogP contribution in [0.4, 0.5) is 0 Å². The highest BCUT2D eigenvalue weighted by molar-refractivity contribution is 5.94. The number of carbonyl (C=O) groups excluding carboxylic acids is 1. The third kappa shape index (κ3) is 5.15. The van der Waals surface area contributed by atoms with Crippen molar-refractivity contribution in [3.05, 3.63) is 17.0 Å². The van der Waals surface area contributed by atoms with Crippen molar-refractivity contribution in [2.75, 3.05) is 45.9 Å². The molecule has 1 aromatic rings. The number of carbonyl (C=O) groups is 1. The zero-order chi connectivity index (χ0) is 21.8. The number of piperidine rings is 1. The lowest BCUT2D eigenvalue weighted by Gasteiger charge is -2.42. The molecule has 1 atom stereocenters. The number of hydrogen-bond acceptors (Lipinski definition) is 5. The normalized spacial score (nSPS) is 23.1. The van der Waals surface area contributed by atoms with E-state index in [4.69, 9.17) is 9.84 Å². The van der Waals surface area contributed by atoms with Crippen molar-refractivity contribution in [1.82, 2.24) is 24.9 Å². The molecule has 174 valence electrons. The topological polar surface area (TPSA) is 62.6 Å². The van der Waals surface area contributed by atoms with Crippen LogP contribution >= 0.6 is 0 Å². The fourth-order valence-corrected chi connectivity index (χ4v) is 5.35. The van der Waals surface area contributed by atoms with Gasteiger partial charge in [0.2, 0.25) is 0 Å². The Labute approximate surface area is 187 Å². The molecule has 1 aromatic heterocycles. The molecular formula is C24H41N5O2. The van der Waals surface area contributed by atoms with Gasteiger partial charge in [0.05, 0.1) is 13.2 Å². The third-order valence-corrected chi connectivity index (χ3v) is 7.32. The lowest BCUT2D eigenvalue weighted by atomic mass is 9.90. The number of fused-ring (bicyclic) bond motifs is 1. The molecule has 7 heteroatoms. The maximum absolute atomic E-state index is 13.3. The van der Waals surface area contributed by atoms with Crippen LogP contribution in [-0.4, -0.2) is 83.0 Å². The number of rotatable bonds is 7. The SMILES string of the molecule is CCCn1nc(C(=O)N2CCCCC2)c2c1CC[C@@H](NCC(C)(C)N1CCOCC1)C2. The Kier molecular flexibility index (Phi) is 7.34. The number of ether oxygens (including phenoxy) is 1. The largest absolute Gasteiger partial charge is 0.379 e. The van der Waals surface area contributed by atoms with Gasteiger partial charge in [-0.15, -0.1) is 0 Å². The Balaban J connectivity index is 1.46. The maximum atomic E-state index is 13.3. The second-order valence-electron chi connectivity index (χ2n) is 10.1. The minimum atomic E-state index is 0.100. The highest BCUT2D eigenvalue weighted by Crippen LogP contribution is 2.27. The number of nitrogens with one attached hydrogen (secondary N) is 1. The molecule has 0 bridgehead atoms. The monoisotopic (exact) mass is 431 g/mol. The van der Waals surface area contributed by atoms with Crippen LogP contribution in [-0.2, 0) is 24.1 Å². The van der Waals surface area contributed by atoms with Crippen molar-refractivity contribution < 1.29 is 9.53 Å². The minimum Gasteiger partial charge on any atom is -0.379 e. The summed E-state index contributed by atoms with van der Waals surface area (Å²) in [5.41, 5.74) is 3.33. The Hall–Kier alpha value is -1.44. The average Bonchev–Trinajstić information content (AvgIpc) is 3.16. The van der Waals surface area contributed by atoms with Gasteiger partial charge < -0.3 is 15.0 Å². The second kappa shape index (κ2) is 10.0. The summed E-state index contributed by atoms with van der Waals surface area (Å²) in [4.78, 5) is 17.9. The van der Waals surface area contributed by atoms with Crippen molar-refractivity contribution in [3.63, 3.8) is 0 Å². The fourth-order valence-electron chi connectivity index (χ4n) is 5.35. The van der Waals surface area contributed by atoms with Gasteiger partial charge in [-0.25, -0.2) is 0 Å². The molecule has 2 saturated heterocycles. The third-order valence-electron chi connectivity index (χ3n) is 7.32. The first-order valence-corrected chi connectivity index (χ1v) is 12.4. The lowest BCUT2D eigenvalue weighted by Crippen LogP contribution is -2.56. The van der Waals surface area contributed by atoms with E-state index in [1.54, 1.807) is 0 Å². The van der Waals surface area contributed by atoms with Crippen LogP contribution in [0.3, 0.4) is 0 Å². The molecule has 3 heterocycles. The van der Waals surface area contributed by atoms with Gasteiger partial charge in [0.15, 0.2) is 5.69 Å². The van der Waals surface area contributed by atoms with Crippen LogP contribution in [0.25, 0.3) is 0 Å². The summed E-state index contributed by atoms with van der Waals surface area (Å²) in [5, 5.41) is 8.69. The molecule has 1 amide bonds. The van der Waals surface area contributed by atoms with Crippen LogP contribution in [0.1, 0.15) is 74.6 Å². The molecule has 0 unspecified atom stereocenters. The van der Waals surface area contributed by atoms with Crippen molar-refractivity contribution in [2.24, 2.45) is 0 Å². The molecule has 2 fully saturated rings. The smallest absolute Gasteiger partial charge is 0.274 e.